The standard InChI is InChI=1S/C31H40O2/c1-29-19-20-31(33,17-7-6-11-23-9-4-3-5-10-23)22-26(29)15-14-24-21-25-12-8-13-28(32)30(25,2)18-16-27(24)29/h3-5,9-10,15,24-25,27,33H,8,11-14,16-22H2,1-2H3. The Bertz CT molecular complexity index is 981. The lowest BCUT2D eigenvalue weighted by molar-refractivity contribution is -0.134. The molecule has 4 aliphatic carbocycles. The summed E-state index contributed by atoms with van der Waals surface area (Å²) in [6.07, 6.45) is 14.2. The fourth-order valence-corrected chi connectivity index (χ4v) is 7.84. The second-order valence-electron chi connectivity index (χ2n) is 12.0. The number of hydrogen-bond donors (Lipinski definition) is 1. The van der Waals surface area contributed by atoms with Gasteiger partial charge in [0.05, 0.1) is 5.60 Å². The van der Waals surface area contributed by atoms with Crippen LogP contribution in [0.15, 0.2) is 42.0 Å². The minimum Gasteiger partial charge on any atom is -0.389 e. The Labute approximate surface area is 200 Å². The Morgan fingerprint density at radius 1 is 1.03 bits per heavy atom. The van der Waals surface area contributed by atoms with Crippen molar-refractivity contribution in [2.75, 3.05) is 0 Å². The SMILES string of the molecule is CC12CCC3C(CC=C4CC(O)(CC#CCc5ccccc5)CCC43C)CC1CCCC2=O. The highest BCUT2D eigenvalue weighted by atomic mass is 16.3. The molecule has 6 atom stereocenters. The van der Waals surface area contributed by atoms with Crippen molar-refractivity contribution >= 4 is 5.78 Å². The Morgan fingerprint density at radius 2 is 1.85 bits per heavy atom. The van der Waals surface area contributed by atoms with E-state index in [9.17, 15) is 9.90 Å². The summed E-state index contributed by atoms with van der Waals surface area (Å²) in [6.45, 7) is 4.75. The van der Waals surface area contributed by atoms with Crippen molar-refractivity contribution in [1.29, 1.82) is 0 Å². The summed E-state index contributed by atoms with van der Waals surface area (Å²) in [5, 5.41) is 11.4. The Hall–Kier alpha value is -1.85. The second-order valence-corrected chi connectivity index (χ2v) is 12.0. The zero-order valence-electron chi connectivity index (χ0n) is 20.5. The zero-order chi connectivity index (χ0) is 23.1. The number of allylic oxidation sites excluding steroid dienone is 1. The van der Waals surface area contributed by atoms with Gasteiger partial charge in [-0.15, -0.1) is 0 Å². The fourth-order valence-electron chi connectivity index (χ4n) is 7.84. The van der Waals surface area contributed by atoms with E-state index in [-0.39, 0.29) is 10.8 Å². The number of hydrogen-bond acceptors (Lipinski definition) is 2. The van der Waals surface area contributed by atoms with Crippen LogP contribution in [-0.2, 0) is 11.2 Å². The fraction of sp³-hybridized carbons (Fsp3) is 0.645. The number of carbonyl (C=O) groups is 1. The van der Waals surface area contributed by atoms with E-state index in [1.807, 2.05) is 18.2 Å². The average Bonchev–Trinajstić information content (AvgIpc) is 2.96. The lowest BCUT2D eigenvalue weighted by Crippen LogP contribution is -2.46. The van der Waals surface area contributed by atoms with Crippen molar-refractivity contribution in [3.05, 3.63) is 47.5 Å². The highest BCUT2D eigenvalue weighted by Crippen LogP contribution is 2.61. The van der Waals surface area contributed by atoms with E-state index in [1.165, 1.54) is 30.4 Å². The number of ketones is 1. The topological polar surface area (TPSA) is 37.3 Å². The Balaban J connectivity index is 1.28. The molecule has 0 amide bonds. The van der Waals surface area contributed by atoms with Crippen LogP contribution in [0.1, 0.15) is 90.0 Å². The van der Waals surface area contributed by atoms with Crippen LogP contribution < -0.4 is 0 Å². The third-order valence-electron chi connectivity index (χ3n) is 10.2. The van der Waals surface area contributed by atoms with E-state index >= 15 is 0 Å². The molecule has 6 unspecified atom stereocenters. The first kappa shape index (κ1) is 22.9. The molecule has 1 aromatic carbocycles. The van der Waals surface area contributed by atoms with Crippen LogP contribution in [0.3, 0.4) is 0 Å². The summed E-state index contributed by atoms with van der Waals surface area (Å²) < 4.78 is 0. The normalized spacial score (nSPS) is 40.3. The van der Waals surface area contributed by atoms with E-state index in [0.29, 0.717) is 30.0 Å². The summed E-state index contributed by atoms with van der Waals surface area (Å²) >= 11 is 0. The minimum absolute atomic E-state index is 0.0874. The van der Waals surface area contributed by atoms with Crippen LogP contribution in [0.5, 0.6) is 0 Å². The maximum absolute atomic E-state index is 12.9. The molecule has 3 fully saturated rings. The molecule has 0 saturated heterocycles. The maximum atomic E-state index is 12.9. The van der Waals surface area contributed by atoms with Gasteiger partial charge in [-0.1, -0.05) is 67.7 Å². The third kappa shape index (κ3) is 4.23. The van der Waals surface area contributed by atoms with Gasteiger partial charge in [0, 0.05) is 24.7 Å². The number of rotatable bonds is 2. The number of aliphatic hydroxyl groups is 1. The van der Waals surface area contributed by atoms with Crippen LogP contribution in [0.4, 0.5) is 0 Å². The smallest absolute Gasteiger partial charge is 0.139 e. The van der Waals surface area contributed by atoms with Gasteiger partial charge in [-0.2, -0.15) is 0 Å². The highest BCUT2D eigenvalue weighted by Gasteiger charge is 2.54. The molecule has 0 aromatic heterocycles. The number of benzene rings is 1. The van der Waals surface area contributed by atoms with Crippen LogP contribution >= 0.6 is 0 Å². The summed E-state index contributed by atoms with van der Waals surface area (Å²) in [5.74, 6) is 9.05. The van der Waals surface area contributed by atoms with Crippen LogP contribution in [-0.4, -0.2) is 16.5 Å². The van der Waals surface area contributed by atoms with Gasteiger partial charge in [-0.3, -0.25) is 4.79 Å². The lowest BCUT2D eigenvalue weighted by atomic mass is 9.53. The third-order valence-corrected chi connectivity index (χ3v) is 10.2. The first-order valence-corrected chi connectivity index (χ1v) is 13.3. The van der Waals surface area contributed by atoms with Gasteiger partial charge in [-0.25, -0.2) is 0 Å². The lowest BCUT2D eigenvalue weighted by Gasteiger charge is -2.52. The summed E-state index contributed by atoms with van der Waals surface area (Å²) in [7, 11) is 0. The molecule has 33 heavy (non-hydrogen) atoms. The van der Waals surface area contributed by atoms with Gasteiger partial charge in [0.1, 0.15) is 5.78 Å². The Kier molecular flexibility index (Phi) is 6.07. The zero-order valence-corrected chi connectivity index (χ0v) is 20.5. The summed E-state index contributed by atoms with van der Waals surface area (Å²) in [4.78, 5) is 12.9. The van der Waals surface area contributed by atoms with E-state index in [2.05, 4.69) is 43.9 Å². The molecule has 176 valence electrons. The van der Waals surface area contributed by atoms with Gasteiger partial charge in [0.15, 0.2) is 0 Å². The van der Waals surface area contributed by atoms with E-state index < -0.39 is 5.60 Å². The van der Waals surface area contributed by atoms with Crippen molar-refractivity contribution < 1.29 is 9.90 Å². The first-order valence-electron chi connectivity index (χ1n) is 13.3. The molecular formula is C31H40O2. The molecule has 3 saturated carbocycles. The predicted octanol–water partition coefficient (Wildman–Crippen LogP) is 6.67. The van der Waals surface area contributed by atoms with E-state index in [1.54, 1.807) is 0 Å². The molecular weight excluding hydrogens is 404 g/mol. The molecule has 2 heteroatoms. The monoisotopic (exact) mass is 444 g/mol. The van der Waals surface area contributed by atoms with Gasteiger partial charge in [-0.05, 0) is 86.5 Å². The second kappa shape index (κ2) is 8.74. The van der Waals surface area contributed by atoms with Gasteiger partial charge in [0.2, 0.25) is 0 Å². The van der Waals surface area contributed by atoms with Crippen molar-refractivity contribution in [1.82, 2.24) is 0 Å². The number of Topliss-reactive ketones (excluding diaryl/α,β-unsaturated/α-hetero) is 1. The summed E-state index contributed by atoms with van der Waals surface area (Å²) in [5.41, 5.74) is 2.11. The van der Waals surface area contributed by atoms with Crippen molar-refractivity contribution in [3.63, 3.8) is 0 Å². The van der Waals surface area contributed by atoms with Gasteiger partial charge in [0.25, 0.3) is 0 Å². The molecule has 0 heterocycles. The molecule has 0 bridgehead atoms. The van der Waals surface area contributed by atoms with E-state index in [0.717, 1.165) is 51.4 Å². The number of carbonyl (C=O) groups excluding carboxylic acids is 1. The minimum atomic E-state index is -0.692. The maximum Gasteiger partial charge on any atom is 0.139 e. The van der Waals surface area contributed by atoms with Crippen LogP contribution in [0.2, 0.25) is 0 Å². The quantitative estimate of drug-likeness (QED) is 0.409. The molecule has 1 aromatic rings. The molecule has 0 aliphatic heterocycles. The molecule has 2 nitrogen and oxygen atoms in total. The Morgan fingerprint density at radius 3 is 2.67 bits per heavy atom. The first-order chi connectivity index (χ1) is 15.8. The number of fused-ring (bicyclic) bond motifs is 4. The van der Waals surface area contributed by atoms with E-state index in [4.69, 9.17) is 0 Å². The molecule has 5 rings (SSSR count). The van der Waals surface area contributed by atoms with Crippen molar-refractivity contribution in [3.8, 4) is 11.8 Å². The van der Waals surface area contributed by atoms with Crippen molar-refractivity contribution in [2.24, 2.45) is 28.6 Å². The predicted molar refractivity (Wildman–Crippen MR) is 133 cm³/mol. The molecule has 4 aliphatic rings. The molecule has 0 radical (unpaired) electrons. The van der Waals surface area contributed by atoms with Gasteiger partial charge >= 0.3 is 0 Å². The highest BCUT2D eigenvalue weighted by molar-refractivity contribution is 5.85. The van der Waals surface area contributed by atoms with Crippen LogP contribution in [0.25, 0.3) is 0 Å². The average molecular weight is 445 g/mol. The van der Waals surface area contributed by atoms with Crippen molar-refractivity contribution in [2.45, 2.75) is 96.5 Å². The largest absolute Gasteiger partial charge is 0.389 e. The summed E-state index contributed by atoms with van der Waals surface area (Å²) in [6, 6.07) is 10.3. The van der Waals surface area contributed by atoms with Crippen LogP contribution in [0, 0.1) is 40.4 Å². The molecule has 0 spiro atoms. The van der Waals surface area contributed by atoms with Gasteiger partial charge < -0.3 is 5.11 Å². The molecule has 1 N–H and O–H groups in total.